The van der Waals surface area contributed by atoms with Crippen LogP contribution in [0.25, 0.3) is 0 Å². The zero-order chi connectivity index (χ0) is 18.3. The quantitative estimate of drug-likeness (QED) is 0.784. The van der Waals surface area contributed by atoms with Crippen LogP contribution >= 0.6 is 23.2 Å². The van der Waals surface area contributed by atoms with Crippen molar-refractivity contribution in [2.45, 2.75) is 18.2 Å². The Hall–Kier alpha value is -1.35. The minimum atomic E-state index is -4.20. The number of sulfonamides is 1. The Bertz CT molecular complexity index is 810. The molecule has 24 heavy (non-hydrogen) atoms. The molecule has 0 amide bonds. The largest absolute Gasteiger partial charge is 0.481 e. The zero-order valence-corrected chi connectivity index (χ0v) is 15.2. The van der Waals surface area contributed by atoms with Gasteiger partial charge in [0, 0.05) is 18.1 Å². The van der Waals surface area contributed by atoms with E-state index in [0.29, 0.717) is 0 Å². The average molecular weight is 396 g/mol. The third kappa shape index (κ3) is 3.23. The molecule has 1 heterocycles. The molecule has 1 aromatic carbocycles. The van der Waals surface area contributed by atoms with Gasteiger partial charge in [-0.1, -0.05) is 23.2 Å². The number of halogens is 2. The van der Waals surface area contributed by atoms with Crippen LogP contribution in [-0.4, -0.2) is 50.0 Å². The van der Waals surface area contributed by atoms with Gasteiger partial charge >= 0.3 is 11.9 Å². The highest BCUT2D eigenvalue weighted by Crippen LogP contribution is 2.37. The molecule has 2 rings (SSSR count). The fourth-order valence-corrected chi connectivity index (χ4v) is 5.07. The predicted octanol–water partition coefficient (Wildman–Crippen LogP) is 2.27. The smallest absolute Gasteiger partial charge is 0.339 e. The predicted molar refractivity (Wildman–Crippen MR) is 86.9 cm³/mol. The SMILES string of the molecule is COC(=O)c1cc(Cl)cc(Cl)c1S(=O)(=O)N1CCC(C)(C(=O)O)C1. The fourth-order valence-electron chi connectivity index (χ4n) is 2.51. The van der Waals surface area contributed by atoms with Gasteiger partial charge in [-0.3, -0.25) is 4.79 Å². The molecule has 1 aromatic rings. The molecule has 7 nitrogen and oxygen atoms in total. The van der Waals surface area contributed by atoms with E-state index in [2.05, 4.69) is 4.74 Å². The number of carbonyl (C=O) groups is 2. The summed E-state index contributed by atoms with van der Waals surface area (Å²) in [5, 5.41) is 9.11. The summed E-state index contributed by atoms with van der Waals surface area (Å²) in [4.78, 5) is 22.8. The molecule has 132 valence electrons. The number of hydrogen-bond donors (Lipinski definition) is 1. The van der Waals surface area contributed by atoms with Gasteiger partial charge in [-0.05, 0) is 25.5 Å². The summed E-state index contributed by atoms with van der Waals surface area (Å²) >= 11 is 11.9. The average Bonchev–Trinajstić information content (AvgIpc) is 2.90. The molecule has 0 radical (unpaired) electrons. The minimum Gasteiger partial charge on any atom is -0.481 e. The van der Waals surface area contributed by atoms with Gasteiger partial charge in [0.05, 0.1) is 23.1 Å². The van der Waals surface area contributed by atoms with Gasteiger partial charge in [0.25, 0.3) is 0 Å². The Balaban J connectivity index is 2.55. The normalized spacial score (nSPS) is 21.7. The lowest BCUT2D eigenvalue weighted by Crippen LogP contribution is -2.35. The van der Waals surface area contributed by atoms with E-state index in [4.69, 9.17) is 23.2 Å². The molecule has 0 saturated carbocycles. The first-order valence-corrected chi connectivity index (χ1v) is 9.03. The van der Waals surface area contributed by atoms with Crippen LogP contribution in [0.15, 0.2) is 17.0 Å². The van der Waals surface area contributed by atoms with Crippen molar-refractivity contribution >= 4 is 45.2 Å². The monoisotopic (exact) mass is 395 g/mol. The van der Waals surface area contributed by atoms with Crippen LogP contribution in [0.4, 0.5) is 0 Å². The maximum Gasteiger partial charge on any atom is 0.339 e. The molecule has 1 atom stereocenters. The van der Waals surface area contributed by atoms with E-state index in [9.17, 15) is 23.1 Å². The summed E-state index contributed by atoms with van der Waals surface area (Å²) in [5.41, 5.74) is -1.49. The van der Waals surface area contributed by atoms with E-state index in [1.165, 1.54) is 13.0 Å². The van der Waals surface area contributed by atoms with Crippen LogP contribution in [-0.2, 0) is 19.6 Å². The van der Waals surface area contributed by atoms with Crippen molar-refractivity contribution in [3.63, 3.8) is 0 Å². The second-order valence-electron chi connectivity index (χ2n) is 5.71. The number of aliphatic carboxylic acids is 1. The van der Waals surface area contributed by atoms with Gasteiger partial charge in [0.15, 0.2) is 0 Å². The third-order valence-corrected chi connectivity index (χ3v) is 6.54. The molecule has 1 fully saturated rings. The number of hydrogen-bond acceptors (Lipinski definition) is 5. The van der Waals surface area contributed by atoms with Gasteiger partial charge in [0.2, 0.25) is 10.0 Å². The molecule has 1 unspecified atom stereocenters. The van der Waals surface area contributed by atoms with E-state index in [0.717, 1.165) is 17.5 Å². The zero-order valence-electron chi connectivity index (χ0n) is 12.9. The van der Waals surface area contributed by atoms with Crippen LogP contribution in [0.3, 0.4) is 0 Å². The summed E-state index contributed by atoms with van der Waals surface area (Å²) in [5.74, 6) is -1.99. The molecular formula is C14H15Cl2NO6S. The number of ether oxygens (including phenoxy) is 1. The van der Waals surface area contributed by atoms with Crippen molar-refractivity contribution in [3.8, 4) is 0 Å². The van der Waals surface area contributed by atoms with Crippen molar-refractivity contribution in [2.75, 3.05) is 20.2 Å². The van der Waals surface area contributed by atoms with Crippen LogP contribution in [0.2, 0.25) is 10.0 Å². The Morgan fingerprint density at radius 3 is 2.46 bits per heavy atom. The Labute approximate surface area is 149 Å². The summed E-state index contributed by atoms with van der Waals surface area (Å²) in [6, 6.07) is 2.35. The van der Waals surface area contributed by atoms with Crippen LogP contribution in [0, 0.1) is 5.41 Å². The Morgan fingerprint density at radius 1 is 1.33 bits per heavy atom. The van der Waals surface area contributed by atoms with Crippen molar-refractivity contribution in [1.82, 2.24) is 4.31 Å². The number of methoxy groups -OCH3 is 1. The molecule has 1 saturated heterocycles. The molecule has 0 aromatic heterocycles. The van der Waals surface area contributed by atoms with Crippen molar-refractivity contribution in [1.29, 1.82) is 0 Å². The second-order valence-corrected chi connectivity index (χ2v) is 8.43. The van der Waals surface area contributed by atoms with E-state index in [1.54, 1.807) is 0 Å². The maximum absolute atomic E-state index is 12.9. The highest BCUT2D eigenvalue weighted by Gasteiger charge is 2.46. The molecule has 1 aliphatic heterocycles. The second kappa shape index (κ2) is 6.51. The van der Waals surface area contributed by atoms with Gasteiger partial charge in [-0.25, -0.2) is 13.2 Å². The number of carboxylic acid groups (broad SMARTS) is 1. The topological polar surface area (TPSA) is 101 Å². The molecule has 0 spiro atoms. The van der Waals surface area contributed by atoms with Gasteiger partial charge in [0.1, 0.15) is 4.90 Å². The van der Waals surface area contributed by atoms with Crippen LogP contribution in [0.5, 0.6) is 0 Å². The lowest BCUT2D eigenvalue weighted by Gasteiger charge is -2.21. The third-order valence-electron chi connectivity index (χ3n) is 3.97. The molecule has 1 N–H and O–H groups in total. The van der Waals surface area contributed by atoms with Gasteiger partial charge in [-0.2, -0.15) is 4.31 Å². The van der Waals surface area contributed by atoms with Crippen molar-refractivity contribution < 1.29 is 27.9 Å². The number of carbonyl (C=O) groups excluding carboxylic acids is 1. The number of rotatable bonds is 4. The highest BCUT2D eigenvalue weighted by molar-refractivity contribution is 7.89. The number of nitrogens with zero attached hydrogens (tertiary/aromatic N) is 1. The van der Waals surface area contributed by atoms with E-state index in [-0.39, 0.29) is 35.1 Å². The Morgan fingerprint density at radius 2 is 1.96 bits per heavy atom. The van der Waals surface area contributed by atoms with E-state index < -0.39 is 32.3 Å². The van der Waals surface area contributed by atoms with Crippen molar-refractivity contribution in [3.05, 3.63) is 27.7 Å². The highest BCUT2D eigenvalue weighted by atomic mass is 35.5. The standard InChI is InChI=1S/C14H15Cl2NO6S/c1-14(13(19)20)3-4-17(7-14)24(21,22)11-9(12(18)23-2)5-8(15)6-10(11)16/h5-6H,3-4,7H2,1-2H3,(H,19,20). The van der Waals surface area contributed by atoms with Gasteiger partial charge < -0.3 is 9.84 Å². The lowest BCUT2D eigenvalue weighted by atomic mass is 9.90. The molecular weight excluding hydrogens is 381 g/mol. The van der Waals surface area contributed by atoms with E-state index in [1.807, 2.05) is 0 Å². The number of carboxylic acids is 1. The molecule has 10 heteroatoms. The molecule has 0 bridgehead atoms. The first-order chi connectivity index (χ1) is 11.0. The van der Waals surface area contributed by atoms with Gasteiger partial charge in [-0.15, -0.1) is 0 Å². The summed E-state index contributed by atoms with van der Waals surface area (Å²) in [7, 11) is -3.10. The Kier molecular flexibility index (Phi) is 5.15. The summed E-state index contributed by atoms with van der Waals surface area (Å²) in [6.07, 6.45) is 0.153. The van der Waals surface area contributed by atoms with Crippen LogP contribution < -0.4 is 0 Å². The summed E-state index contributed by atoms with van der Waals surface area (Å²) in [6.45, 7) is 1.25. The minimum absolute atomic E-state index is 0.00466. The molecule has 0 aliphatic carbocycles. The number of esters is 1. The first kappa shape index (κ1) is 19.0. The van der Waals surface area contributed by atoms with E-state index >= 15 is 0 Å². The summed E-state index contributed by atoms with van der Waals surface area (Å²) < 4.78 is 31.4. The lowest BCUT2D eigenvalue weighted by molar-refractivity contribution is -0.146. The first-order valence-electron chi connectivity index (χ1n) is 6.84. The molecule has 1 aliphatic rings. The fraction of sp³-hybridized carbons (Fsp3) is 0.429. The van der Waals surface area contributed by atoms with Crippen LogP contribution in [0.1, 0.15) is 23.7 Å². The maximum atomic E-state index is 12.9. The van der Waals surface area contributed by atoms with Crippen molar-refractivity contribution in [2.24, 2.45) is 5.41 Å². The number of benzene rings is 1.